The number of esters is 1. The van der Waals surface area contributed by atoms with Gasteiger partial charge in [-0.25, -0.2) is 9.59 Å². The van der Waals surface area contributed by atoms with E-state index in [2.05, 4.69) is 17.2 Å². The molecule has 1 aromatic carbocycles. The van der Waals surface area contributed by atoms with Gasteiger partial charge in [0.1, 0.15) is 12.4 Å². The van der Waals surface area contributed by atoms with Crippen molar-refractivity contribution in [2.75, 3.05) is 6.61 Å². The Morgan fingerprint density at radius 3 is 2.14 bits per heavy atom. The second-order valence-corrected chi connectivity index (χ2v) is 9.42. The van der Waals surface area contributed by atoms with Crippen LogP contribution in [0.1, 0.15) is 71.2 Å². The van der Waals surface area contributed by atoms with Gasteiger partial charge in [0.15, 0.2) is 0 Å². The molecule has 29 heavy (non-hydrogen) atoms. The molecule has 0 spiro atoms. The zero-order chi connectivity index (χ0) is 22.1. The minimum atomic E-state index is -0.691. The van der Waals surface area contributed by atoms with Gasteiger partial charge in [-0.15, -0.1) is 0 Å². The summed E-state index contributed by atoms with van der Waals surface area (Å²) in [5.74, 6) is -0.284. The molecule has 0 saturated carbocycles. The van der Waals surface area contributed by atoms with Gasteiger partial charge in [0.05, 0.1) is 11.6 Å². The average molecular weight is 401 g/mol. The first kappa shape index (κ1) is 22.5. The maximum absolute atomic E-state index is 12.7. The van der Waals surface area contributed by atoms with Crippen LogP contribution in [0.3, 0.4) is 0 Å². The molecule has 1 aromatic rings. The number of rotatable bonds is 4. The van der Waals surface area contributed by atoms with Crippen LogP contribution in [0, 0.1) is 0 Å². The van der Waals surface area contributed by atoms with E-state index in [1.807, 2.05) is 53.7 Å². The van der Waals surface area contributed by atoms with Gasteiger partial charge in [-0.3, -0.25) is 0 Å². The number of phenols is 1. The van der Waals surface area contributed by atoms with Crippen molar-refractivity contribution < 1.29 is 19.4 Å². The smallest absolute Gasteiger partial charge is 0.338 e. The Morgan fingerprint density at radius 2 is 1.69 bits per heavy atom. The van der Waals surface area contributed by atoms with Crippen LogP contribution in [0.5, 0.6) is 5.75 Å². The van der Waals surface area contributed by atoms with E-state index in [9.17, 15) is 14.7 Å². The number of carbonyl (C=O) groups is 2. The predicted octanol–water partition coefficient (Wildman–Crippen LogP) is 4.34. The van der Waals surface area contributed by atoms with Crippen molar-refractivity contribution in [1.82, 2.24) is 10.6 Å². The molecule has 0 bridgehead atoms. The van der Waals surface area contributed by atoms with Crippen LogP contribution in [-0.4, -0.2) is 23.7 Å². The summed E-state index contributed by atoms with van der Waals surface area (Å²) >= 11 is 0. The molecule has 0 unspecified atom stereocenters. The number of urea groups is 1. The van der Waals surface area contributed by atoms with Gasteiger partial charge in [0, 0.05) is 5.70 Å². The normalized spacial score (nSPS) is 17.5. The highest BCUT2D eigenvalue weighted by Gasteiger charge is 2.35. The fraction of sp³-hybridized carbons (Fsp3) is 0.478. The van der Waals surface area contributed by atoms with Crippen molar-refractivity contribution in [3.8, 4) is 5.75 Å². The van der Waals surface area contributed by atoms with Gasteiger partial charge in [-0.05, 0) is 46.6 Å². The molecule has 6 heteroatoms. The van der Waals surface area contributed by atoms with E-state index in [0.29, 0.717) is 11.3 Å². The number of allylic oxidation sites excluding steroid dienone is 1. The highest BCUT2D eigenvalue weighted by atomic mass is 16.5. The summed E-state index contributed by atoms with van der Waals surface area (Å²) in [7, 11) is 0. The largest absolute Gasteiger partial charge is 0.507 e. The monoisotopic (exact) mass is 400 g/mol. The number of aromatic hydroxyl groups is 1. The first-order chi connectivity index (χ1) is 13.3. The van der Waals surface area contributed by atoms with Gasteiger partial charge >= 0.3 is 12.0 Å². The number of benzene rings is 1. The zero-order valence-electron chi connectivity index (χ0n) is 18.4. The number of hydrogen-bond donors (Lipinski definition) is 3. The Hall–Kier alpha value is -2.76. The van der Waals surface area contributed by atoms with Crippen LogP contribution in [0.25, 0.3) is 0 Å². The number of carbonyl (C=O) groups excluding carboxylic acids is 2. The topological polar surface area (TPSA) is 87.7 Å². The number of hydrogen-bond acceptors (Lipinski definition) is 4. The van der Waals surface area contributed by atoms with E-state index in [4.69, 9.17) is 4.74 Å². The van der Waals surface area contributed by atoms with Crippen LogP contribution in [-0.2, 0) is 20.4 Å². The molecule has 6 nitrogen and oxygen atoms in total. The van der Waals surface area contributed by atoms with Gasteiger partial charge in [-0.1, -0.05) is 54.2 Å². The van der Waals surface area contributed by atoms with Crippen molar-refractivity contribution in [1.29, 1.82) is 0 Å². The molecule has 158 valence electrons. The maximum atomic E-state index is 12.7. The zero-order valence-corrected chi connectivity index (χ0v) is 18.4. The molecule has 0 saturated heterocycles. The minimum absolute atomic E-state index is 0.0757. The molecule has 1 atom stereocenters. The highest BCUT2D eigenvalue weighted by Crippen LogP contribution is 2.42. The lowest BCUT2D eigenvalue weighted by molar-refractivity contribution is -0.138. The van der Waals surface area contributed by atoms with Crippen LogP contribution >= 0.6 is 0 Å². The summed E-state index contributed by atoms with van der Waals surface area (Å²) in [4.78, 5) is 24.9. The van der Waals surface area contributed by atoms with E-state index in [1.54, 1.807) is 6.92 Å². The van der Waals surface area contributed by atoms with Crippen molar-refractivity contribution >= 4 is 12.0 Å². The summed E-state index contributed by atoms with van der Waals surface area (Å²) in [5.41, 5.74) is 2.33. The van der Waals surface area contributed by atoms with Gasteiger partial charge in [0.25, 0.3) is 0 Å². The van der Waals surface area contributed by atoms with Gasteiger partial charge < -0.3 is 20.5 Å². The van der Waals surface area contributed by atoms with Crippen LogP contribution < -0.4 is 10.6 Å². The van der Waals surface area contributed by atoms with Gasteiger partial charge in [0.2, 0.25) is 0 Å². The molecule has 1 aliphatic rings. The van der Waals surface area contributed by atoms with Crippen LogP contribution in [0.4, 0.5) is 4.79 Å². The Kier molecular flexibility index (Phi) is 6.16. The van der Waals surface area contributed by atoms with Crippen molar-refractivity contribution in [3.05, 3.63) is 52.7 Å². The highest BCUT2D eigenvalue weighted by molar-refractivity contribution is 5.95. The first-order valence-corrected chi connectivity index (χ1v) is 9.71. The van der Waals surface area contributed by atoms with E-state index in [-0.39, 0.29) is 23.2 Å². The summed E-state index contributed by atoms with van der Waals surface area (Å²) in [6.45, 7) is 17.4. The van der Waals surface area contributed by atoms with Crippen LogP contribution in [0.15, 0.2) is 36.1 Å². The van der Waals surface area contributed by atoms with Gasteiger partial charge in [-0.2, -0.15) is 0 Å². The minimum Gasteiger partial charge on any atom is -0.507 e. The third kappa shape index (κ3) is 4.81. The quantitative estimate of drug-likeness (QED) is 0.518. The number of amides is 2. The summed E-state index contributed by atoms with van der Waals surface area (Å²) < 4.78 is 5.25. The molecule has 0 radical (unpaired) electrons. The molecular formula is C23H32N2O4. The molecule has 1 heterocycles. The second-order valence-electron chi connectivity index (χ2n) is 9.42. The molecule has 2 amide bonds. The molecule has 0 fully saturated rings. The maximum Gasteiger partial charge on any atom is 0.338 e. The number of ether oxygens (including phenoxy) is 1. The summed E-state index contributed by atoms with van der Waals surface area (Å²) in [6.07, 6.45) is 1.49. The number of phenolic OH excluding ortho intramolecular Hbond substituents is 1. The molecule has 0 aromatic heterocycles. The average Bonchev–Trinajstić information content (AvgIpc) is 2.57. The lowest BCUT2D eigenvalue weighted by atomic mass is 9.77. The lowest BCUT2D eigenvalue weighted by Crippen LogP contribution is -2.45. The third-order valence-corrected chi connectivity index (χ3v) is 4.90. The summed E-state index contributed by atoms with van der Waals surface area (Å²) in [6, 6.07) is 2.63. The predicted molar refractivity (Wildman–Crippen MR) is 114 cm³/mol. The number of nitrogens with one attached hydrogen (secondary N) is 2. The van der Waals surface area contributed by atoms with Crippen LogP contribution in [0.2, 0.25) is 0 Å². The standard InChI is InChI=1S/C23H32N2O4/c1-9-10-29-20(27)17-13(2)24-21(28)25-18(17)14-11-15(22(3,4)5)19(26)16(12-14)23(6,7)8/h9,11-12,18,26H,1,10H2,2-8H3,(H2,24,25,28)/t18-/m0/s1. The first-order valence-electron chi connectivity index (χ1n) is 9.71. The third-order valence-electron chi connectivity index (χ3n) is 4.90. The Labute approximate surface area is 173 Å². The molecule has 1 aliphatic heterocycles. The van der Waals surface area contributed by atoms with Crippen molar-refractivity contribution in [2.24, 2.45) is 0 Å². The fourth-order valence-electron chi connectivity index (χ4n) is 3.39. The second kappa shape index (κ2) is 7.93. The SMILES string of the molecule is C=CCOC(=O)C1=C(C)NC(=O)N[C@H]1c1cc(C(C)(C)C)c(O)c(C(C)(C)C)c1. The molecule has 0 aliphatic carbocycles. The fourth-order valence-corrected chi connectivity index (χ4v) is 3.39. The Balaban J connectivity index is 2.72. The van der Waals surface area contributed by atoms with Crippen molar-refractivity contribution in [2.45, 2.75) is 65.3 Å². The Bertz CT molecular complexity index is 835. The Morgan fingerprint density at radius 1 is 1.17 bits per heavy atom. The lowest BCUT2D eigenvalue weighted by Gasteiger charge is -2.32. The molecule has 3 N–H and O–H groups in total. The van der Waals surface area contributed by atoms with E-state index in [1.165, 1.54) is 6.08 Å². The van der Waals surface area contributed by atoms with E-state index >= 15 is 0 Å². The van der Waals surface area contributed by atoms with E-state index in [0.717, 1.165) is 16.7 Å². The molecule has 2 rings (SSSR count). The van der Waals surface area contributed by atoms with E-state index < -0.39 is 18.0 Å². The van der Waals surface area contributed by atoms with Crippen molar-refractivity contribution in [3.63, 3.8) is 0 Å². The summed E-state index contributed by atoms with van der Waals surface area (Å²) in [5, 5.41) is 16.4. The molecular weight excluding hydrogens is 368 g/mol.